The quantitative estimate of drug-likeness (QED) is 0.489. The third-order valence-corrected chi connectivity index (χ3v) is 5.43. The minimum absolute atomic E-state index is 0.206. The summed E-state index contributed by atoms with van der Waals surface area (Å²) in [6, 6.07) is 10.6. The van der Waals surface area contributed by atoms with Crippen LogP contribution in [0.2, 0.25) is 0 Å². The number of likely N-dealkylation sites (N-methyl/N-ethyl adjacent to an activating group) is 1. The molecule has 4 rings (SSSR count). The highest BCUT2D eigenvalue weighted by Crippen LogP contribution is 2.41. The van der Waals surface area contributed by atoms with E-state index in [4.69, 9.17) is 0 Å². The predicted molar refractivity (Wildman–Crippen MR) is 117 cm³/mol. The molecule has 5 heteroatoms. The highest BCUT2D eigenvalue weighted by atomic mass is 19.4. The molecule has 0 radical (unpaired) electrons. The van der Waals surface area contributed by atoms with E-state index in [0.717, 1.165) is 42.5 Å². The number of hydrogen-bond acceptors (Lipinski definition) is 2. The lowest BCUT2D eigenvalue weighted by atomic mass is 9.85. The molecule has 2 aromatic carbocycles. The zero-order valence-corrected chi connectivity index (χ0v) is 17.7. The van der Waals surface area contributed by atoms with Gasteiger partial charge in [0, 0.05) is 19.3 Å². The first-order chi connectivity index (χ1) is 14.3. The van der Waals surface area contributed by atoms with Gasteiger partial charge in [-0.15, -0.1) is 13.2 Å². The molecule has 1 heterocycles. The number of allylic oxidation sites excluding steroid dienone is 2. The Morgan fingerprint density at radius 1 is 1.03 bits per heavy atom. The highest BCUT2D eigenvalue weighted by molar-refractivity contribution is 5.78. The molecule has 0 N–H and O–H groups in total. The Labute approximate surface area is 176 Å². The number of benzene rings is 2. The Hall–Kier alpha value is -2.69. The van der Waals surface area contributed by atoms with Gasteiger partial charge in [-0.3, -0.25) is 0 Å². The first-order valence-corrected chi connectivity index (χ1v) is 10.4. The first-order valence-electron chi connectivity index (χ1n) is 10.4. The number of anilines is 1. The lowest BCUT2D eigenvalue weighted by Gasteiger charge is -2.32. The number of rotatable bonds is 3. The molecule has 30 heavy (non-hydrogen) atoms. The molecular weight excluding hydrogens is 387 g/mol. The number of fused-ring (bicyclic) bond motifs is 1. The average Bonchev–Trinajstić information content (AvgIpc) is 3.23. The third-order valence-electron chi connectivity index (χ3n) is 5.43. The van der Waals surface area contributed by atoms with E-state index in [0.29, 0.717) is 5.92 Å². The lowest BCUT2D eigenvalue weighted by molar-refractivity contribution is -0.274. The van der Waals surface area contributed by atoms with Gasteiger partial charge >= 0.3 is 6.36 Å². The van der Waals surface area contributed by atoms with E-state index in [9.17, 15) is 13.2 Å². The summed E-state index contributed by atoms with van der Waals surface area (Å²) < 4.78 is 41.4. The molecule has 2 aromatic rings. The number of ether oxygens (including phenoxy) is 1. The number of alkyl halides is 3. The molecule has 0 atom stereocenters. The Morgan fingerprint density at radius 3 is 2.27 bits per heavy atom. The molecule has 0 aromatic heterocycles. The van der Waals surface area contributed by atoms with Gasteiger partial charge in [-0.05, 0) is 65.6 Å². The largest absolute Gasteiger partial charge is 0.573 e. The second kappa shape index (κ2) is 8.99. The van der Waals surface area contributed by atoms with Gasteiger partial charge in [0.05, 0.1) is 0 Å². The fourth-order valence-corrected chi connectivity index (χ4v) is 4.15. The van der Waals surface area contributed by atoms with Crippen molar-refractivity contribution in [2.45, 2.75) is 45.4 Å². The van der Waals surface area contributed by atoms with Crippen molar-refractivity contribution in [2.24, 2.45) is 0 Å². The predicted octanol–water partition coefficient (Wildman–Crippen LogP) is 7.26. The second-order valence-corrected chi connectivity index (χ2v) is 7.56. The van der Waals surface area contributed by atoms with E-state index >= 15 is 0 Å². The summed E-state index contributed by atoms with van der Waals surface area (Å²) in [4.78, 5) is 2.21. The van der Waals surface area contributed by atoms with Gasteiger partial charge in [0.2, 0.25) is 0 Å². The molecule has 0 bridgehead atoms. The minimum Gasteiger partial charge on any atom is -0.406 e. The van der Waals surface area contributed by atoms with Crippen LogP contribution in [0, 0.1) is 0 Å². The van der Waals surface area contributed by atoms with Crippen LogP contribution in [0.4, 0.5) is 18.9 Å². The topological polar surface area (TPSA) is 12.5 Å². The van der Waals surface area contributed by atoms with Crippen molar-refractivity contribution < 1.29 is 17.9 Å². The van der Waals surface area contributed by atoms with Crippen LogP contribution >= 0.6 is 0 Å². The van der Waals surface area contributed by atoms with Crippen molar-refractivity contribution in [1.29, 1.82) is 0 Å². The molecule has 0 amide bonds. The number of halogens is 3. The Bertz CT molecular complexity index is 921. The van der Waals surface area contributed by atoms with Crippen molar-refractivity contribution in [3.05, 3.63) is 71.8 Å². The fourth-order valence-electron chi connectivity index (χ4n) is 4.15. The van der Waals surface area contributed by atoms with Crippen molar-refractivity contribution in [3.8, 4) is 16.9 Å². The first kappa shape index (κ1) is 22.0. The van der Waals surface area contributed by atoms with Crippen LogP contribution in [0.15, 0.2) is 60.7 Å². The monoisotopic (exact) mass is 415 g/mol. The molecule has 2 nitrogen and oxygen atoms in total. The zero-order valence-electron chi connectivity index (χ0n) is 17.7. The van der Waals surface area contributed by atoms with Gasteiger partial charge in [-0.25, -0.2) is 0 Å². The van der Waals surface area contributed by atoms with Gasteiger partial charge < -0.3 is 9.64 Å². The molecule has 0 saturated carbocycles. The number of hydrogen-bond donors (Lipinski definition) is 0. The van der Waals surface area contributed by atoms with Gasteiger partial charge in [0.25, 0.3) is 0 Å². The van der Waals surface area contributed by atoms with Crippen LogP contribution in [0.3, 0.4) is 0 Å². The minimum atomic E-state index is -4.68. The van der Waals surface area contributed by atoms with Crippen molar-refractivity contribution in [2.75, 3.05) is 18.5 Å². The van der Waals surface area contributed by atoms with E-state index in [1.54, 1.807) is 12.1 Å². The summed E-state index contributed by atoms with van der Waals surface area (Å²) >= 11 is 0. The van der Waals surface area contributed by atoms with E-state index in [-0.39, 0.29) is 5.75 Å². The Kier molecular flexibility index (Phi) is 6.59. The van der Waals surface area contributed by atoms with Crippen LogP contribution in [0.5, 0.6) is 5.75 Å². The standard InChI is InChI=1S/C23H22F3NO.C2H6/c1-15-11-21-20(17-7-9-19(10-8-17)28-23(24,25)26)12-18(16-5-3-4-6-16)13-22(21)27(2)14-15;1-2/h3-4,7-10,12-13,16H,1,5-6,11,14H2,2H3;1-2H3. The molecular formula is C25H28F3NO. The summed E-state index contributed by atoms with van der Waals surface area (Å²) in [5, 5.41) is 0. The third kappa shape index (κ3) is 4.89. The van der Waals surface area contributed by atoms with Crippen LogP contribution in [-0.4, -0.2) is 20.0 Å². The van der Waals surface area contributed by atoms with Gasteiger partial charge in [-0.1, -0.05) is 56.4 Å². The summed E-state index contributed by atoms with van der Waals surface area (Å²) in [6.45, 7) is 8.97. The van der Waals surface area contributed by atoms with Crippen LogP contribution < -0.4 is 9.64 Å². The maximum Gasteiger partial charge on any atom is 0.573 e. The van der Waals surface area contributed by atoms with Crippen LogP contribution in [-0.2, 0) is 6.42 Å². The normalized spacial score (nSPS) is 16.2. The smallest absolute Gasteiger partial charge is 0.406 e. The van der Waals surface area contributed by atoms with E-state index in [2.05, 4.69) is 47.5 Å². The summed E-state index contributed by atoms with van der Waals surface area (Å²) in [5.74, 6) is 0.248. The zero-order chi connectivity index (χ0) is 21.9. The highest BCUT2D eigenvalue weighted by Gasteiger charge is 2.31. The summed E-state index contributed by atoms with van der Waals surface area (Å²) in [7, 11) is 2.06. The SMILES string of the molecule is C=C1Cc2c(-c3ccc(OC(F)(F)F)cc3)cc(C3CC=CC3)cc2N(C)C1.CC. The Balaban J connectivity index is 0.00000124. The fraction of sp³-hybridized carbons (Fsp3) is 0.360. The van der Waals surface area contributed by atoms with Crippen LogP contribution in [0.1, 0.15) is 43.7 Å². The van der Waals surface area contributed by atoms with Crippen molar-refractivity contribution in [1.82, 2.24) is 0 Å². The molecule has 1 aliphatic heterocycles. The van der Waals surface area contributed by atoms with Crippen molar-refractivity contribution >= 4 is 5.69 Å². The lowest BCUT2D eigenvalue weighted by Crippen LogP contribution is -2.27. The Morgan fingerprint density at radius 2 is 1.67 bits per heavy atom. The second-order valence-electron chi connectivity index (χ2n) is 7.56. The maximum absolute atomic E-state index is 12.5. The van der Waals surface area contributed by atoms with E-state index in [1.807, 2.05) is 13.8 Å². The number of nitrogens with zero attached hydrogens (tertiary/aromatic N) is 1. The molecule has 0 unspecified atom stereocenters. The summed E-state index contributed by atoms with van der Waals surface area (Å²) in [5.41, 5.74) is 6.71. The molecule has 160 valence electrons. The van der Waals surface area contributed by atoms with E-state index < -0.39 is 6.36 Å². The van der Waals surface area contributed by atoms with Crippen molar-refractivity contribution in [3.63, 3.8) is 0 Å². The van der Waals surface area contributed by atoms with Gasteiger partial charge in [0.15, 0.2) is 0 Å². The molecule has 0 fully saturated rings. The maximum atomic E-state index is 12.5. The van der Waals surface area contributed by atoms with Crippen LogP contribution in [0.25, 0.3) is 11.1 Å². The molecule has 0 saturated heterocycles. The molecule has 0 spiro atoms. The van der Waals surface area contributed by atoms with Gasteiger partial charge in [-0.2, -0.15) is 0 Å². The molecule has 2 aliphatic rings. The summed E-state index contributed by atoms with van der Waals surface area (Å²) in [6.07, 6.45) is 2.55. The average molecular weight is 415 g/mol. The van der Waals surface area contributed by atoms with Gasteiger partial charge in [0.1, 0.15) is 5.75 Å². The molecule has 1 aliphatic carbocycles. The van der Waals surface area contributed by atoms with E-state index in [1.165, 1.54) is 28.9 Å².